The highest BCUT2D eigenvalue weighted by Gasteiger charge is 2.56. The molecule has 2 aromatic carbocycles. The molecule has 39 heavy (non-hydrogen) atoms. The normalized spacial score (nSPS) is 28.0. The second kappa shape index (κ2) is 11.2. The van der Waals surface area contributed by atoms with Crippen molar-refractivity contribution in [1.29, 1.82) is 0 Å². The van der Waals surface area contributed by atoms with Gasteiger partial charge >= 0.3 is 0 Å². The number of carbonyl (C=O) groups is 1. The van der Waals surface area contributed by atoms with Crippen LogP contribution in [0.25, 0.3) is 0 Å². The third-order valence-corrected chi connectivity index (χ3v) is 9.37. The average Bonchev–Trinajstić information content (AvgIpc) is 2.90. The Kier molecular flexibility index (Phi) is 7.94. The predicted molar refractivity (Wildman–Crippen MR) is 152 cm³/mol. The highest BCUT2D eigenvalue weighted by atomic mass is 19.1. The van der Waals surface area contributed by atoms with Crippen molar-refractivity contribution in [2.24, 2.45) is 28.2 Å². The van der Waals surface area contributed by atoms with Gasteiger partial charge in [-0.2, -0.15) is 0 Å². The van der Waals surface area contributed by atoms with Crippen LogP contribution in [-0.2, 0) is 6.42 Å². The summed E-state index contributed by atoms with van der Waals surface area (Å²) >= 11 is 0. The SMILES string of the molecule is C[C@H]1[C@@H](N=C(Nc2ccc(C(=O)NCCc3ccc(F)cc3F)cc2)N2CCN[C@@H](C)C2)C[C@@H]2C[C@@H]1C2(C)C. The van der Waals surface area contributed by atoms with Crippen molar-refractivity contribution >= 4 is 17.6 Å². The van der Waals surface area contributed by atoms with Crippen molar-refractivity contribution in [3.8, 4) is 0 Å². The summed E-state index contributed by atoms with van der Waals surface area (Å²) in [4.78, 5) is 20.3. The third kappa shape index (κ3) is 5.96. The molecule has 2 bridgehead atoms. The first-order chi connectivity index (χ1) is 18.6. The summed E-state index contributed by atoms with van der Waals surface area (Å²) in [7, 11) is 0. The lowest BCUT2D eigenvalue weighted by Gasteiger charge is -2.61. The Bertz CT molecular complexity index is 1210. The van der Waals surface area contributed by atoms with Crippen LogP contribution in [0.5, 0.6) is 0 Å². The van der Waals surface area contributed by atoms with Crippen molar-refractivity contribution in [1.82, 2.24) is 15.5 Å². The zero-order valence-electron chi connectivity index (χ0n) is 23.4. The molecule has 0 radical (unpaired) electrons. The van der Waals surface area contributed by atoms with E-state index in [4.69, 9.17) is 4.99 Å². The molecule has 5 atom stereocenters. The van der Waals surface area contributed by atoms with Crippen LogP contribution in [0.15, 0.2) is 47.5 Å². The Balaban J connectivity index is 1.24. The van der Waals surface area contributed by atoms with E-state index >= 15 is 0 Å². The van der Waals surface area contributed by atoms with Gasteiger partial charge < -0.3 is 20.9 Å². The zero-order valence-corrected chi connectivity index (χ0v) is 23.4. The molecule has 1 saturated heterocycles. The van der Waals surface area contributed by atoms with Gasteiger partial charge in [-0.3, -0.25) is 4.79 Å². The van der Waals surface area contributed by atoms with E-state index in [0.717, 1.165) is 55.6 Å². The summed E-state index contributed by atoms with van der Waals surface area (Å²) in [5.41, 5.74) is 2.21. The number of carbonyl (C=O) groups excluding carboxylic acids is 1. The number of halogens is 2. The molecule has 0 spiro atoms. The molecule has 3 aliphatic carbocycles. The number of nitrogens with zero attached hydrogens (tertiary/aromatic N) is 2. The van der Waals surface area contributed by atoms with Crippen molar-refractivity contribution < 1.29 is 13.6 Å². The van der Waals surface area contributed by atoms with E-state index in [-0.39, 0.29) is 12.5 Å². The zero-order chi connectivity index (χ0) is 27.7. The minimum atomic E-state index is -0.609. The minimum Gasteiger partial charge on any atom is -0.352 e. The van der Waals surface area contributed by atoms with Crippen LogP contribution in [0.1, 0.15) is 56.5 Å². The highest BCUT2D eigenvalue weighted by Crippen LogP contribution is 2.61. The van der Waals surface area contributed by atoms with Gasteiger partial charge in [-0.1, -0.05) is 26.8 Å². The smallest absolute Gasteiger partial charge is 0.251 e. The Morgan fingerprint density at radius 3 is 2.56 bits per heavy atom. The third-order valence-electron chi connectivity index (χ3n) is 9.37. The second-order valence-corrected chi connectivity index (χ2v) is 12.2. The summed E-state index contributed by atoms with van der Waals surface area (Å²) in [5, 5.41) is 9.91. The van der Waals surface area contributed by atoms with E-state index in [1.165, 1.54) is 18.6 Å². The number of aliphatic imine (C=N–C) groups is 1. The van der Waals surface area contributed by atoms with Gasteiger partial charge in [0.15, 0.2) is 5.96 Å². The van der Waals surface area contributed by atoms with Crippen molar-refractivity contribution in [2.75, 3.05) is 31.5 Å². The fourth-order valence-corrected chi connectivity index (χ4v) is 6.74. The summed E-state index contributed by atoms with van der Waals surface area (Å²) in [6.45, 7) is 12.4. The van der Waals surface area contributed by atoms with E-state index in [1.54, 1.807) is 12.1 Å². The van der Waals surface area contributed by atoms with Gasteiger partial charge in [0.1, 0.15) is 11.6 Å². The highest BCUT2D eigenvalue weighted by molar-refractivity contribution is 5.96. The Hall–Kier alpha value is -3.00. The number of anilines is 1. The first-order valence-corrected chi connectivity index (χ1v) is 14.3. The lowest BCUT2D eigenvalue weighted by molar-refractivity contribution is -0.108. The second-order valence-electron chi connectivity index (χ2n) is 12.2. The Labute approximate surface area is 230 Å². The number of piperazine rings is 1. The van der Waals surface area contributed by atoms with Gasteiger partial charge in [0, 0.05) is 49.5 Å². The monoisotopic (exact) mass is 537 g/mol. The van der Waals surface area contributed by atoms with Crippen LogP contribution in [0.3, 0.4) is 0 Å². The lowest BCUT2D eigenvalue weighted by Crippen LogP contribution is -2.57. The van der Waals surface area contributed by atoms with Gasteiger partial charge in [-0.15, -0.1) is 0 Å². The van der Waals surface area contributed by atoms with E-state index in [9.17, 15) is 13.6 Å². The molecule has 210 valence electrons. The van der Waals surface area contributed by atoms with Crippen molar-refractivity contribution in [2.45, 2.75) is 59.0 Å². The summed E-state index contributed by atoms with van der Waals surface area (Å²) < 4.78 is 27.0. The molecule has 1 amide bonds. The maximum Gasteiger partial charge on any atom is 0.251 e. The van der Waals surface area contributed by atoms with Crippen LogP contribution in [0.4, 0.5) is 14.5 Å². The molecular weight excluding hydrogens is 496 g/mol. The quantitative estimate of drug-likeness (QED) is 0.356. The summed E-state index contributed by atoms with van der Waals surface area (Å²) in [6, 6.07) is 11.6. The van der Waals surface area contributed by atoms with Gasteiger partial charge in [-0.25, -0.2) is 13.8 Å². The lowest BCUT2D eigenvalue weighted by atomic mass is 9.45. The molecule has 3 saturated carbocycles. The molecule has 0 aromatic heterocycles. The topological polar surface area (TPSA) is 68.8 Å². The fourth-order valence-electron chi connectivity index (χ4n) is 6.74. The van der Waals surface area contributed by atoms with E-state index < -0.39 is 11.6 Å². The molecule has 2 aromatic rings. The number of hydrogen-bond acceptors (Lipinski definition) is 3. The van der Waals surface area contributed by atoms with Gasteiger partial charge in [0.25, 0.3) is 5.91 Å². The fraction of sp³-hybridized carbons (Fsp3) is 0.548. The average molecular weight is 538 g/mol. The number of hydrogen-bond donors (Lipinski definition) is 3. The van der Waals surface area contributed by atoms with Gasteiger partial charge in [0.2, 0.25) is 0 Å². The number of amides is 1. The van der Waals surface area contributed by atoms with Crippen LogP contribution < -0.4 is 16.0 Å². The molecule has 4 aliphatic rings. The van der Waals surface area contributed by atoms with Gasteiger partial charge in [-0.05, 0) is 85.3 Å². The molecule has 6 rings (SSSR count). The number of benzene rings is 2. The largest absolute Gasteiger partial charge is 0.352 e. The first-order valence-electron chi connectivity index (χ1n) is 14.3. The van der Waals surface area contributed by atoms with Crippen LogP contribution in [0, 0.1) is 34.8 Å². The van der Waals surface area contributed by atoms with Crippen molar-refractivity contribution in [3.63, 3.8) is 0 Å². The van der Waals surface area contributed by atoms with Crippen LogP contribution in [0.2, 0.25) is 0 Å². The number of rotatable bonds is 6. The van der Waals surface area contributed by atoms with E-state index in [1.807, 2.05) is 12.1 Å². The predicted octanol–water partition coefficient (Wildman–Crippen LogP) is 5.07. The summed E-state index contributed by atoms with van der Waals surface area (Å²) in [5.74, 6) is 1.50. The molecular formula is C31H41F2N5O. The van der Waals surface area contributed by atoms with Gasteiger partial charge in [0.05, 0.1) is 6.04 Å². The first kappa shape index (κ1) is 27.6. The molecule has 3 N–H and O–H groups in total. The molecule has 4 fully saturated rings. The van der Waals surface area contributed by atoms with E-state index in [2.05, 4.69) is 48.5 Å². The standard InChI is InChI=1S/C31H41F2N5O/c1-19-18-38(14-13-34-19)30(37-28-16-23-15-26(20(28)2)31(23,3)4)36-25-9-6-22(7-10-25)29(39)35-12-11-21-5-8-24(32)17-27(21)33/h5-10,17,19-20,23,26,28,34H,11-16,18H2,1-4H3,(H,35,39)(H,36,37)/t19-,20+,23-,26-,28-/m0/s1. The van der Waals surface area contributed by atoms with Crippen molar-refractivity contribution in [3.05, 3.63) is 65.2 Å². The van der Waals surface area contributed by atoms with Crippen LogP contribution >= 0.6 is 0 Å². The number of fused-ring (bicyclic) bond motifs is 2. The Morgan fingerprint density at radius 1 is 1.13 bits per heavy atom. The number of guanidine groups is 1. The molecule has 6 nitrogen and oxygen atoms in total. The minimum absolute atomic E-state index is 0.230. The van der Waals surface area contributed by atoms with E-state index in [0.29, 0.717) is 41.0 Å². The molecule has 1 heterocycles. The maximum absolute atomic E-state index is 13.9. The number of nitrogens with one attached hydrogen (secondary N) is 3. The van der Waals surface area contributed by atoms with Crippen LogP contribution in [-0.4, -0.2) is 55.0 Å². The molecule has 1 aliphatic heterocycles. The molecule has 8 heteroatoms. The summed E-state index contributed by atoms with van der Waals surface area (Å²) in [6.07, 6.45) is 2.76. The Morgan fingerprint density at radius 2 is 1.90 bits per heavy atom. The maximum atomic E-state index is 13.9. The molecule has 0 unspecified atom stereocenters.